The van der Waals surface area contributed by atoms with Crippen LogP contribution in [0.25, 0.3) is 21.8 Å². The largest absolute Gasteiger partial charge is 0.449 e. The molecule has 6 nitrogen and oxygen atoms in total. The molecule has 1 aromatic heterocycles. The Balaban J connectivity index is 1.47. The summed E-state index contributed by atoms with van der Waals surface area (Å²) in [6, 6.07) is 18.4. The van der Waals surface area contributed by atoms with E-state index in [1.54, 1.807) is 31.5 Å². The number of carbonyl (C=O) groups is 2. The Morgan fingerprint density at radius 1 is 1.07 bits per heavy atom. The van der Waals surface area contributed by atoms with E-state index in [4.69, 9.17) is 4.74 Å². The topological polar surface area (TPSA) is 84.1 Å². The third-order valence-corrected chi connectivity index (χ3v) is 4.36. The first-order valence-corrected chi connectivity index (χ1v) is 8.54. The Morgan fingerprint density at radius 3 is 2.78 bits per heavy atom. The van der Waals surface area contributed by atoms with Gasteiger partial charge in [0.25, 0.3) is 5.91 Å². The van der Waals surface area contributed by atoms with Gasteiger partial charge in [-0.25, -0.2) is 9.78 Å². The molecule has 0 radical (unpaired) electrons. The third kappa shape index (κ3) is 3.37. The minimum atomic E-state index is -0.936. The summed E-state index contributed by atoms with van der Waals surface area (Å²) in [6.45, 7) is 1.55. The van der Waals surface area contributed by atoms with Gasteiger partial charge in [0.2, 0.25) is 0 Å². The predicted molar refractivity (Wildman–Crippen MR) is 104 cm³/mol. The number of nitrogens with one attached hydrogen (secondary N) is 2. The first-order chi connectivity index (χ1) is 13.1. The van der Waals surface area contributed by atoms with Crippen LogP contribution >= 0.6 is 0 Å². The number of hydrogen-bond donors (Lipinski definition) is 2. The summed E-state index contributed by atoms with van der Waals surface area (Å²) < 4.78 is 5.32. The number of H-pyrrole nitrogens is 1. The molecule has 6 heteroatoms. The van der Waals surface area contributed by atoms with Gasteiger partial charge in [-0.15, -0.1) is 0 Å². The second-order valence-electron chi connectivity index (χ2n) is 6.20. The number of amides is 1. The molecule has 134 valence electrons. The van der Waals surface area contributed by atoms with Crippen molar-refractivity contribution in [3.05, 3.63) is 72.6 Å². The molecule has 1 heterocycles. The van der Waals surface area contributed by atoms with Crippen LogP contribution in [0.2, 0.25) is 0 Å². The van der Waals surface area contributed by atoms with E-state index >= 15 is 0 Å². The van der Waals surface area contributed by atoms with Gasteiger partial charge < -0.3 is 15.0 Å². The molecule has 4 aromatic rings. The number of nitrogens with zero attached hydrogens (tertiary/aromatic N) is 1. The smallest absolute Gasteiger partial charge is 0.338 e. The maximum atomic E-state index is 12.5. The maximum Gasteiger partial charge on any atom is 0.338 e. The van der Waals surface area contributed by atoms with Crippen molar-refractivity contribution in [3.63, 3.8) is 0 Å². The Morgan fingerprint density at radius 2 is 1.89 bits per heavy atom. The van der Waals surface area contributed by atoms with Crippen LogP contribution in [0.15, 0.2) is 67.0 Å². The lowest BCUT2D eigenvalue weighted by Crippen LogP contribution is -2.30. The second-order valence-corrected chi connectivity index (χ2v) is 6.20. The van der Waals surface area contributed by atoms with Crippen LogP contribution in [0.3, 0.4) is 0 Å². The molecule has 3 aromatic carbocycles. The summed E-state index contributed by atoms with van der Waals surface area (Å²) in [5.74, 6) is -0.950. The number of ether oxygens (including phenoxy) is 1. The molecule has 0 spiro atoms. The number of fused-ring (bicyclic) bond motifs is 2. The molecule has 0 aliphatic heterocycles. The van der Waals surface area contributed by atoms with E-state index in [1.165, 1.54) is 0 Å². The van der Waals surface area contributed by atoms with Crippen LogP contribution in [0.1, 0.15) is 17.3 Å². The SMILES string of the molecule is CC(OC(=O)c1ccc2nc[nH]c2c1)C(=O)Nc1cccc2ccccc12. The van der Waals surface area contributed by atoms with Crippen LogP contribution in [-0.2, 0) is 9.53 Å². The molecule has 0 aliphatic rings. The lowest BCUT2D eigenvalue weighted by molar-refractivity contribution is -0.123. The summed E-state index contributed by atoms with van der Waals surface area (Å²) in [5, 5.41) is 4.78. The van der Waals surface area contributed by atoms with E-state index in [0.717, 1.165) is 21.8 Å². The van der Waals surface area contributed by atoms with Crippen molar-refractivity contribution in [1.29, 1.82) is 0 Å². The van der Waals surface area contributed by atoms with E-state index in [9.17, 15) is 9.59 Å². The molecule has 0 aliphatic carbocycles. The zero-order chi connectivity index (χ0) is 18.8. The van der Waals surface area contributed by atoms with Crippen molar-refractivity contribution in [1.82, 2.24) is 9.97 Å². The zero-order valence-corrected chi connectivity index (χ0v) is 14.6. The lowest BCUT2D eigenvalue weighted by atomic mass is 10.1. The Kier molecular flexibility index (Phi) is 4.30. The predicted octanol–water partition coefficient (Wildman–Crippen LogP) is 3.90. The fourth-order valence-corrected chi connectivity index (χ4v) is 2.91. The number of carbonyl (C=O) groups excluding carboxylic acids is 2. The molecule has 4 rings (SSSR count). The third-order valence-electron chi connectivity index (χ3n) is 4.36. The van der Waals surface area contributed by atoms with Gasteiger partial charge in [-0.3, -0.25) is 4.79 Å². The van der Waals surface area contributed by atoms with Crippen molar-refractivity contribution >= 4 is 39.4 Å². The second kappa shape index (κ2) is 6.92. The van der Waals surface area contributed by atoms with Gasteiger partial charge in [-0.1, -0.05) is 36.4 Å². The van der Waals surface area contributed by atoms with Gasteiger partial charge in [0.15, 0.2) is 6.10 Å². The van der Waals surface area contributed by atoms with Gasteiger partial charge in [-0.2, -0.15) is 0 Å². The van der Waals surface area contributed by atoms with Crippen LogP contribution < -0.4 is 5.32 Å². The molecular weight excluding hydrogens is 342 g/mol. The summed E-state index contributed by atoms with van der Waals surface area (Å²) in [6.07, 6.45) is 0.619. The van der Waals surface area contributed by atoms with Crippen LogP contribution in [0.4, 0.5) is 5.69 Å². The number of aromatic amines is 1. The molecule has 0 saturated heterocycles. The van der Waals surface area contributed by atoms with Gasteiger partial charge >= 0.3 is 5.97 Å². The van der Waals surface area contributed by atoms with E-state index in [-0.39, 0.29) is 5.91 Å². The average molecular weight is 359 g/mol. The number of benzene rings is 3. The summed E-state index contributed by atoms with van der Waals surface area (Å²) in [5.41, 5.74) is 2.53. The number of esters is 1. The highest BCUT2D eigenvalue weighted by Gasteiger charge is 2.20. The van der Waals surface area contributed by atoms with Crippen molar-refractivity contribution < 1.29 is 14.3 Å². The van der Waals surface area contributed by atoms with Crippen LogP contribution in [0, 0.1) is 0 Å². The molecule has 0 saturated carbocycles. The van der Waals surface area contributed by atoms with E-state index < -0.39 is 12.1 Å². The average Bonchev–Trinajstić information content (AvgIpc) is 3.16. The Labute approximate surface area is 155 Å². The highest BCUT2D eigenvalue weighted by Crippen LogP contribution is 2.23. The standard InChI is InChI=1S/C21H17N3O3/c1-13(27-21(26)15-9-10-18-19(11-15)23-12-22-18)20(25)24-17-8-4-6-14-5-2-3-7-16(14)17/h2-13H,1H3,(H,22,23)(H,24,25). The van der Waals surface area contributed by atoms with Gasteiger partial charge in [0.1, 0.15) is 0 Å². The fraction of sp³-hybridized carbons (Fsp3) is 0.0952. The van der Waals surface area contributed by atoms with Crippen LogP contribution in [-0.4, -0.2) is 27.9 Å². The monoisotopic (exact) mass is 359 g/mol. The minimum Gasteiger partial charge on any atom is -0.449 e. The Hall–Kier alpha value is -3.67. The van der Waals surface area contributed by atoms with E-state index in [1.807, 2.05) is 42.5 Å². The van der Waals surface area contributed by atoms with E-state index in [2.05, 4.69) is 15.3 Å². The summed E-state index contributed by atoms with van der Waals surface area (Å²) in [4.78, 5) is 31.9. The molecule has 0 bridgehead atoms. The molecule has 1 amide bonds. The summed E-state index contributed by atoms with van der Waals surface area (Å²) in [7, 11) is 0. The lowest BCUT2D eigenvalue weighted by Gasteiger charge is -2.15. The van der Waals surface area contributed by atoms with Crippen LogP contribution in [0.5, 0.6) is 0 Å². The number of hydrogen-bond acceptors (Lipinski definition) is 4. The highest BCUT2D eigenvalue weighted by atomic mass is 16.5. The highest BCUT2D eigenvalue weighted by molar-refractivity contribution is 6.04. The molecule has 1 atom stereocenters. The van der Waals surface area contributed by atoms with Crippen molar-refractivity contribution in [2.24, 2.45) is 0 Å². The van der Waals surface area contributed by atoms with Gasteiger partial charge in [0, 0.05) is 11.1 Å². The fourth-order valence-electron chi connectivity index (χ4n) is 2.91. The van der Waals surface area contributed by atoms with Gasteiger partial charge in [-0.05, 0) is 36.6 Å². The number of rotatable bonds is 4. The number of imidazole rings is 1. The zero-order valence-electron chi connectivity index (χ0n) is 14.6. The van der Waals surface area contributed by atoms with Crippen molar-refractivity contribution in [3.8, 4) is 0 Å². The molecule has 0 fully saturated rings. The molecule has 2 N–H and O–H groups in total. The Bertz CT molecular complexity index is 1140. The molecule has 1 unspecified atom stereocenters. The first kappa shape index (κ1) is 16.8. The van der Waals surface area contributed by atoms with Crippen molar-refractivity contribution in [2.45, 2.75) is 13.0 Å². The maximum absolute atomic E-state index is 12.5. The first-order valence-electron chi connectivity index (χ1n) is 8.54. The quantitative estimate of drug-likeness (QED) is 0.541. The van der Waals surface area contributed by atoms with Crippen molar-refractivity contribution in [2.75, 3.05) is 5.32 Å². The molecular formula is C21H17N3O3. The van der Waals surface area contributed by atoms with Gasteiger partial charge in [0.05, 0.1) is 22.9 Å². The normalized spacial score (nSPS) is 12.0. The minimum absolute atomic E-state index is 0.358. The number of aromatic nitrogens is 2. The van der Waals surface area contributed by atoms with E-state index in [0.29, 0.717) is 11.3 Å². The summed E-state index contributed by atoms with van der Waals surface area (Å²) >= 11 is 0. The number of anilines is 1. The molecule has 27 heavy (non-hydrogen) atoms.